The van der Waals surface area contributed by atoms with Crippen LogP contribution in [-0.2, 0) is 16.1 Å². The van der Waals surface area contributed by atoms with Gasteiger partial charge in [0.1, 0.15) is 11.9 Å². The van der Waals surface area contributed by atoms with Crippen molar-refractivity contribution in [3.8, 4) is 5.75 Å². The maximum absolute atomic E-state index is 12.6. The maximum atomic E-state index is 12.6. The van der Waals surface area contributed by atoms with Crippen molar-refractivity contribution in [2.24, 2.45) is 11.8 Å². The van der Waals surface area contributed by atoms with E-state index in [0.717, 1.165) is 0 Å². The number of aliphatic hydroxyl groups is 1. The van der Waals surface area contributed by atoms with Gasteiger partial charge in [0.15, 0.2) is 0 Å². The maximum Gasteiger partial charge on any atom is 0.337 e. The van der Waals surface area contributed by atoms with E-state index in [2.05, 4.69) is 5.10 Å². The first-order valence-corrected chi connectivity index (χ1v) is 10.3. The first-order chi connectivity index (χ1) is 14.5. The predicted octanol–water partition coefficient (Wildman–Crippen LogP) is 1.74. The molecule has 8 heteroatoms. The number of methoxy groups -OCH3 is 1. The molecule has 4 atom stereocenters. The van der Waals surface area contributed by atoms with Gasteiger partial charge in [-0.05, 0) is 48.9 Å². The Morgan fingerprint density at radius 2 is 2.00 bits per heavy atom. The highest BCUT2D eigenvalue weighted by atomic mass is 16.5. The number of ether oxygens (including phenoxy) is 2. The van der Waals surface area contributed by atoms with E-state index in [1.54, 1.807) is 35.1 Å². The van der Waals surface area contributed by atoms with Crippen LogP contribution >= 0.6 is 0 Å². The highest BCUT2D eigenvalue weighted by molar-refractivity contribution is 5.89. The van der Waals surface area contributed by atoms with Crippen LogP contribution in [0.5, 0.6) is 5.75 Å². The number of hydrogen-bond acceptors (Lipinski definition) is 6. The van der Waals surface area contributed by atoms with Crippen molar-refractivity contribution in [2.75, 3.05) is 20.2 Å². The van der Waals surface area contributed by atoms with Crippen LogP contribution < -0.4 is 4.74 Å². The van der Waals surface area contributed by atoms with Crippen molar-refractivity contribution in [3.05, 3.63) is 48.3 Å². The summed E-state index contributed by atoms with van der Waals surface area (Å²) in [7, 11) is 1.34. The van der Waals surface area contributed by atoms with Gasteiger partial charge in [0.05, 0.1) is 18.8 Å². The minimum atomic E-state index is -0.604. The third-order valence-corrected chi connectivity index (χ3v) is 6.09. The number of benzene rings is 1. The molecule has 2 aromatic rings. The second kappa shape index (κ2) is 8.87. The quantitative estimate of drug-likeness (QED) is 0.725. The van der Waals surface area contributed by atoms with Gasteiger partial charge >= 0.3 is 5.97 Å². The standard InChI is InChI=1S/C22H27N3O5/c1-29-22(28)15-4-2-5-18(10-15)30-20-12-17-14-24(13-16(17)11-19(20)26)21(27)6-9-25-8-3-7-23-25/h2-5,7-8,10,16-17,19-20,26H,6,9,11-14H2,1H3/t16-,17+,19+,20+/m0/s1. The number of rotatable bonds is 6. The number of nitrogens with zero attached hydrogens (tertiary/aromatic N) is 3. The molecule has 1 aliphatic heterocycles. The molecule has 1 aliphatic carbocycles. The zero-order valence-corrected chi connectivity index (χ0v) is 17.0. The smallest absolute Gasteiger partial charge is 0.337 e. The zero-order valence-electron chi connectivity index (χ0n) is 17.0. The van der Waals surface area contributed by atoms with Crippen LogP contribution in [0.15, 0.2) is 42.7 Å². The van der Waals surface area contributed by atoms with Crippen LogP contribution in [-0.4, -0.2) is 64.1 Å². The van der Waals surface area contributed by atoms with Crippen LogP contribution in [0.2, 0.25) is 0 Å². The summed E-state index contributed by atoms with van der Waals surface area (Å²) in [5.74, 6) is 0.818. The van der Waals surface area contributed by atoms with Gasteiger partial charge in [0.25, 0.3) is 0 Å². The van der Waals surface area contributed by atoms with Gasteiger partial charge in [-0.3, -0.25) is 9.48 Å². The lowest BCUT2D eigenvalue weighted by Crippen LogP contribution is -2.42. The molecule has 2 heterocycles. The van der Waals surface area contributed by atoms with Crippen LogP contribution in [0.1, 0.15) is 29.6 Å². The molecule has 8 nitrogen and oxygen atoms in total. The third-order valence-electron chi connectivity index (χ3n) is 6.09. The zero-order chi connectivity index (χ0) is 21.1. The Balaban J connectivity index is 1.34. The number of aliphatic hydroxyl groups excluding tert-OH is 1. The number of carbonyl (C=O) groups excluding carboxylic acids is 2. The molecule has 1 saturated carbocycles. The number of fused-ring (bicyclic) bond motifs is 1. The number of esters is 1. The van der Waals surface area contributed by atoms with Crippen molar-refractivity contribution in [1.82, 2.24) is 14.7 Å². The lowest BCUT2D eigenvalue weighted by molar-refractivity contribution is -0.130. The van der Waals surface area contributed by atoms with E-state index in [-0.39, 0.29) is 17.9 Å². The monoisotopic (exact) mass is 413 g/mol. The van der Waals surface area contributed by atoms with Crippen molar-refractivity contribution in [2.45, 2.75) is 38.0 Å². The average Bonchev–Trinajstić information content (AvgIpc) is 3.41. The first kappa shape index (κ1) is 20.4. The second-order valence-corrected chi connectivity index (χ2v) is 8.05. The van der Waals surface area contributed by atoms with E-state index < -0.39 is 12.1 Å². The predicted molar refractivity (Wildman–Crippen MR) is 108 cm³/mol. The van der Waals surface area contributed by atoms with Crippen LogP contribution in [0.25, 0.3) is 0 Å². The summed E-state index contributed by atoms with van der Waals surface area (Å²) in [4.78, 5) is 26.3. The molecular formula is C22H27N3O5. The Labute approximate surface area is 175 Å². The van der Waals surface area contributed by atoms with Gasteiger partial charge in [-0.2, -0.15) is 5.10 Å². The fraction of sp³-hybridized carbons (Fsp3) is 0.500. The number of hydrogen-bond donors (Lipinski definition) is 1. The highest BCUT2D eigenvalue weighted by Gasteiger charge is 2.43. The molecule has 1 aromatic heterocycles. The van der Waals surface area contributed by atoms with Gasteiger partial charge in [-0.15, -0.1) is 0 Å². The molecule has 4 rings (SSSR count). The number of amides is 1. The third kappa shape index (κ3) is 4.48. The first-order valence-electron chi connectivity index (χ1n) is 10.3. The van der Waals surface area contributed by atoms with Gasteiger partial charge in [-0.25, -0.2) is 4.79 Å². The second-order valence-electron chi connectivity index (χ2n) is 8.05. The van der Waals surface area contributed by atoms with E-state index in [9.17, 15) is 14.7 Å². The summed E-state index contributed by atoms with van der Waals surface area (Å²) in [6.45, 7) is 1.95. The molecule has 0 bridgehead atoms. The molecular weight excluding hydrogens is 386 g/mol. The Bertz CT molecular complexity index is 885. The van der Waals surface area contributed by atoms with Crippen LogP contribution in [0, 0.1) is 11.8 Å². The Kier molecular flexibility index (Phi) is 6.03. The summed E-state index contributed by atoms with van der Waals surface area (Å²) in [5, 5.41) is 14.8. The molecule has 0 radical (unpaired) electrons. The molecule has 1 amide bonds. The lowest BCUT2D eigenvalue weighted by atomic mass is 9.78. The fourth-order valence-electron chi connectivity index (χ4n) is 4.51. The van der Waals surface area contributed by atoms with Gasteiger partial charge in [-0.1, -0.05) is 6.07 Å². The fourth-order valence-corrected chi connectivity index (χ4v) is 4.51. The molecule has 2 aliphatic rings. The van der Waals surface area contributed by atoms with Crippen LogP contribution in [0.3, 0.4) is 0 Å². The molecule has 0 spiro atoms. The Morgan fingerprint density at radius 1 is 1.20 bits per heavy atom. The molecule has 0 unspecified atom stereocenters. The molecule has 160 valence electrons. The van der Waals surface area contributed by atoms with Crippen LogP contribution in [0.4, 0.5) is 0 Å². The van der Waals surface area contributed by atoms with E-state index in [1.807, 2.05) is 17.2 Å². The van der Waals surface area contributed by atoms with E-state index in [0.29, 0.717) is 56.1 Å². The highest BCUT2D eigenvalue weighted by Crippen LogP contribution is 2.38. The summed E-state index contributed by atoms with van der Waals surface area (Å²) in [5.41, 5.74) is 0.410. The van der Waals surface area contributed by atoms with Crippen molar-refractivity contribution in [1.29, 1.82) is 0 Å². The molecule has 1 saturated heterocycles. The van der Waals surface area contributed by atoms with E-state index >= 15 is 0 Å². The van der Waals surface area contributed by atoms with Crippen molar-refractivity contribution in [3.63, 3.8) is 0 Å². The normalized spacial score (nSPS) is 25.6. The molecule has 30 heavy (non-hydrogen) atoms. The topological polar surface area (TPSA) is 93.9 Å². The molecule has 1 aromatic carbocycles. The molecule has 1 N–H and O–H groups in total. The van der Waals surface area contributed by atoms with Gasteiger partial charge in [0.2, 0.25) is 5.91 Å². The SMILES string of the molecule is COC(=O)c1cccc(O[C@@H]2C[C@@H]3CN(C(=O)CCn4cccn4)C[C@@H]3C[C@H]2O)c1. The van der Waals surface area contributed by atoms with Crippen molar-refractivity contribution < 1.29 is 24.2 Å². The van der Waals surface area contributed by atoms with E-state index in [1.165, 1.54) is 7.11 Å². The minimum absolute atomic E-state index is 0.123. The number of aryl methyl sites for hydroxylation is 1. The molecule has 2 fully saturated rings. The number of carbonyl (C=O) groups is 2. The van der Waals surface area contributed by atoms with E-state index in [4.69, 9.17) is 9.47 Å². The summed E-state index contributed by atoms with van der Waals surface area (Å²) < 4.78 is 12.5. The van der Waals surface area contributed by atoms with Gasteiger partial charge in [0, 0.05) is 38.4 Å². The lowest BCUT2D eigenvalue weighted by Gasteiger charge is -2.35. The minimum Gasteiger partial charge on any atom is -0.488 e. The van der Waals surface area contributed by atoms with Gasteiger partial charge < -0.3 is 19.5 Å². The summed E-state index contributed by atoms with van der Waals surface area (Å²) in [6.07, 6.45) is 4.29. The Morgan fingerprint density at radius 3 is 2.73 bits per heavy atom. The average molecular weight is 413 g/mol. The number of likely N-dealkylation sites (tertiary alicyclic amines) is 1. The summed E-state index contributed by atoms with van der Waals surface area (Å²) in [6, 6.07) is 8.64. The summed E-state index contributed by atoms with van der Waals surface area (Å²) >= 11 is 0. The number of aromatic nitrogens is 2. The van der Waals surface area contributed by atoms with Crippen molar-refractivity contribution >= 4 is 11.9 Å². The Hall–Kier alpha value is -2.87. The largest absolute Gasteiger partial charge is 0.488 e.